The van der Waals surface area contributed by atoms with Gasteiger partial charge in [-0.15, -0.1) is 11.3 Å². The molecule has 2 saturated heterocycles. The highest BCUT2D eigenvalue weighted by atomic mass is 32.1. The molecule has 0 amide bonds. The Morgan fingerprint density at radius 2 is 1.42 bits per heavy atom. The number of rotatable bonds is 3. The van der Waals surface area contributed by atoms with Gasteiger partial charge in [-0.05, 0) is 43.5 Å². The summed E-state index contributed by atoms with van der Waals surface area (Å²) in [6.07, 6.45) is 0. The van der Waals surface area contributed by atoms with Crippen LogP contribution < -0.4 is 15.5 Å². The van der Waals surface area contributed by atoms with Crippen LogP contribution in [0.1, 0.15) is 30.5 Å². The summed E-state index contributed by atoms with van der Waals surface area (Å²) in [6, 6.07) is 10.5. The first-order valence-electron chi connectivity index (χ1n) is 13.3. The highest BCUT2D eigenvalue weighted by molar-refractivity contribution is 7.22. The van der Waals surface area contributed by atoms with Crippen molar-refractivity contribution in [3.8, 4) is 11.3 Å². The van der Waals surface area contributed by atoms with Crippen molar-refractivity contribution in [3.05, 3.63) is 52.4 Å². The number of para-hydroxylation sites is 1. The lowest BCUT2D eigenvalue weighted by Crippen LogP contribution is -2.36. The average molecular weight is 554 g/mol. The number of aromatic nitrogens is 2. The van der Waals surface area contributed by atoms with E-state index in [4.69, 9.17) is 25.2 Å². The molecule has 2 fully saturated rings. The van der Waals surface area contributed by atoms with Crippen molar-refractivity contribution in [3.63, 3.8) is 0 Å². The van der Waals surface area contributed by atoms with E-state index in [1.54, 1.807) is 22.7 Å². The van der Waals surface area contributed by atoms with Gasteiger partial charge >= 0.3 is 0 Å². The minimum atomic E-state index is 0.778. The summed E-state index contributed by atoms with van der Waals surface area (Å²) in [4.78, 5) is 14.1. The summed E-state index contributed by atoms with van der Waals surface area (Å²) < 4.78 is 12.0. The van der Waals surface area contributed by atoms with Crippen molar-refractivity contribution >= 4 is 48.8 Å². The number of morpholine rings is 2. The molecule has 0 aliphatic carbocycles. The van der Waals surface area contributed by atoms with E-state index in [1.165, 1.54) is 15.8 Å². The zero-order chi connectivity index (χ0) is 27.1. The number of nitrogens with two attached hydrogens (primary N) is 1. The molecule has 2 N–H and O–H groups in total. The van der Waals surface area contributed by atoms with Crippen molar-refractivity contribution < 1.29 is 9.47 Å². The third kappa shape index (κ3) is 6.46. The Hall–Kier alpha value is -2.72. The highest BCUT2D eigenvalue weighted by Crippen LogP contribution is 2.34. The normalized spacial score (nSPS) is 15.5. The van der Waals surface area contributed by atoms with Gasteiger partial charge in [-0.1, -0.05) is 49.4 Å². The Labute approximate surface area is 234 Å². The molecule has 0 radical (unpaired) electrons. The molecular formula is C29H39N5O2S2. The standard InChI is InChI=1S/C15H19N3OS.C12H14N2OS.C2H6/c1-10-3-4-12(14(16)11(10)2)13-9-20-15(17-13)18-5-7-19-8-6-18;1-9-3-2-4-10-11(9)13-12(16-10)14-5-7-15-8-6-14;1-2/h3-4,9H,5-8,16H2,1-2H3;2-4H,5-8H2,1H3;1-2H3. The van der Waals surface area contributed by atoms with Crippen LogP contribution in [0.15, 0.2) is 35.7 Å². The van der Waals surface area contributed by atoms with Gasteiger partial charge in [-0.2, -0.15) is 0 Å². The monoisotopic (exact) mass is 553 g/mol. The fourth-order valence-electron chi connectivity index (χ4n) is 4.31. The average Bonchev–Trinajstić information content (AvgIpc) is 3.63. The molecule has 6 rings (SSSR count). The largest absolute Gasteiger partial charge is 0.398 e. The van der Waals surface area contributed by atoms with Crippen LogP contribution in [-0.2, 0) is 9.47 Å². The molecule has 9 heteroatoms. The van der Waals surface area contributed by atoms with Crippen molar-refractivity contribution in [1.29, 1.82) is 0 Å². The van der Waals surface area contributed by atoms with Crippen molar-refractivity contribution in [1.82, 2.24) is 9.97 Å². The predicted octanol–water partition coefficient (Wildman–Crippen LogP) is 6.31. The third-order valence-electron chi connectivity index (χ3n) is 6.73. The van der Waals surface area contributed by atoms with Crippen LogP contribution >= 0.6 is 22.7 Å². The Morgan fingerprint density at radius 3 is 2.05 bits per heavy atom. The van der Waals surface area contributed by atoms with Gasteiger partial charge in [-0.3, -0.25) is 0 Å². The summed E-state index contributed by atoms with van der Waals surface area (Å²) in [7, 11) is 0. The van der Waals surface area contributed by atoms with E-state index in [0.717, 1.165) is 90.9 Å². The van der Waals surface area contributed by atoms with Crippen LogP contribution in [0.2, 0.25) is 0 Å². The topological polar surface area (TPSA) is 76.7 Å². The minimum absolute atomic E-state index is 0.778. The summed E-state index contributed by atoms with van der Waals surface area (Å²) in [5.41, 5.74) is 13.8. The number of hydrogen-bond donors (Lipinski definition) is 1. The molecule has 0 atom stereocenters. The third-order valence-corrected chi connectivity index (χ3v) is 8.71. The van der Waals surface area contributed by atoms with Gasteiger partial charge in [0.1, 0.15) is 0 Å². The van der Waals surface area contributed by atoms with Crippen LogP contribution in [0.25, 0.3) is 21.5 Å². The first-order valence-corrected chi connectivity index (χ1v) is 15.0. The van der Waals surface area contributed by atoms with Gasteiger partial charge in [0.05, 0.1) is 42.3 Å². The van der Waals surface area contributed by atoms with Gasteiger partial charge in [0.15, 0.2) is 10.3 Å². The Bertz CT molecular complexity index is 1320. The molecule has 0 spiro atoms. The summed E-state index contributed by atoms with van der Waals surface area (Å²) in [5.74, 6) is 0. The number of nitrogens with zero attached hydrogens (tertiary/aromatic N) is 4. The van der Waals surface area contributed by atoms with Crippen LogP contribution in [0.5, 0.6) is 0 Å². The van der Waals surface area contributed by atoms with Gasteiger partial charge < -0.3 is 25.0 Å². The quantitative estimate of drug-likeness (QED) is 0.298. The Morgan fingerprint density at radius 1 is 0.789 bits per heavy atom. The highest BCUT2D eigenvalue weighted by Gasteiger charge is 2.17. The van der Waals surface area contributed by atoms with E-state index < -0.39 is 0 Å². The molecule has 2 aromatic carbocycles. The Balaban J connectivity index is 0.000000170. The lowest BCUT2D eigenvalue weighted by molar-refractivity contribution is 0.122. The summed E-state index contributed by atoms with van der Waals surface area (Å²) in [5, 5.41) is 4.28. The number of nitrogen functional groups attached to an aromatic ring is 1. The van der Waals surface area contributed by atoms with Crippen LogP contribution in [-0.4, -0.2) is 62.6 Å². The lowest BCUT2D eigenvalue weighted by Gasteiger charge is -2.26. The molecule has 0 saturated carbocycles. The maximum absolute atomic E-state index is 6.23. The predicted molar refractivity (Wildman–Crippen MR) is 163 cm³/mol. The fraction of sp³-hybridized carbons (Fsp3) is 0.448. The smallest absolute Gasteiger partial charge is 0.186 e. The molecule has 0 unspecified atom stereocenters. The fourth-order valence-corrected chi connectivity index (χ4v) is 6.29. The van der Waals surface area contributed by atoms with E-state index in [1.807, 2.05) is 13.8 Å². The van der Waals surface area contributed by atoms with E-state index in [9.17, 15) is 0 Å². The number of ether oxygens (including phenoxy) is 2. The van der Waals surface area contributed by atoms with Gasteiger partial charge in [0.25, 0.3) is 0 Å². The molecule has 4 heterocycles. The van der Waals surface area contributed by atoms with Crippen molar-refractivity contribution in [2.75, 3.05) is 68.1 Å². The molecular weight excluding hydrogens is 514 g/mol. The van der Waals surface area contributed by atoms with E-state index >= 15 is 0 Å². The molecule has 2 aromatic heterocycles. The molecule has 4 aromatic rings. The van der Waals surface area contributed by atoms with Crippen LogP contribution in [0, 0.1) is 20.8 Å². The zero-order valence-corrected chi connectivity index (χ0v) is 24.8. The van der Waals surface area contributed by atoms with Crippen molar-refractivity contribution in [2.24, 2.45) is 0 Å². The summed E-state index contributed by atoms with van der Waals surface area (Å²) in [6.45, 7) is 17.2. The molecule has 38 heavy (non-hydrogen) atoms. The van der Waals surface area contributed by atoms with Gasteiger partial charge in [0.2, 0.25) is 0 Å². The molecule has 2 aliphatic rings. The van der Waals surface area contributed by atoms with Gasteiger partial charge in [-0.25, -0.2) is 9.97 Å². The van der Waals surface area contributed by atoms with Crippen molar-refractivity contribution in [2.45, 2.75) is 34.6 Å². The molecule has 7 nitrogen and oxygen atoms in total. The van der Waals surface area contributed by atoms with E-state index in [-0.39, 0.29) is 0 Å². The second kappa shape index (κ2) is 13.4. The first kappa shape index (κ1) is 28.3. The number of anilines is 3. The number of fused-ring (bicyclic) bond motifs is 1. The number of hydrogen-bond acceptors (Lipinski definition) is 9. The molecule has 204 valence electrons. The first-order chi connectivity index (χ1) is 18.5. The van der Waals surface area contributed by atoms with Crippen LogP contribution in [0.4, 0.5) is 16.0 Å². The second-order valence-electron chi connectivity index (χ2n) is 9.10. The maximum atomic E-state index is 6.23. The minimum Gasteiger partial charge on any atom is -0.398 e. The SMILES string of the molecule is CC.Cc1ccc(-c2csc(N3CCOCC3)n2)c(N)c1C.Cc1cccc2sc(N3CCOCC3)nc12. The second-order valence-corrected chi connectivity index (χ2v) is 10.9. The Kier molecular flexibility index (Phi) is 9.96. The lowest BCUT2D eigenvalue weighted by atomic mass is 10.0. The number of benzene rings is 2. The van der Waals surface area contributed by atoms with Gasteiger partial charge in [0, 0.05) is 42.8 Å². The van der Waals surface area contributed by atoms with E-state index in [2.05, 4.69) is 66.3 Å². The number of thiazole rings is 2. The number of aryl methyl sites for hydroxylation is 2. The molecule has 0 bridgehead atoms. The maximum Gasteiger partial charge on any atom is 0.186 e. The van der Waals surface area contributed by atoms with Crippen LogP contribution in [0.3, 0.4) is 0 Å². The van der Waals surface area contributed by atoms with E-state index in [0.29, 0.717) is 0 Å². The molecule has 2 aliphatic heterocycles. The zero-order valence-electron chi connectivity index (χ0n) is 23.1. The summed E-state index contributed by atoms with van der Waals surface area (Å²) >= 11 is 3.45.